The van der Waals surface area contributed by atoms with Crippen molar-refractivity contribution in [3.8, 4) is 0 Å². The minimum Gasteiger partial charge on any atom is -0.452 e. The number of hydrogen-bond acceptors (Lipinski definition) is 2. The van der Waals surface area contributed by atoms with Crippen LogP contribution in [0.25, 0.3) is 11.0 Å². The third kappa shape index (κ3) is 1.45. The first kappa shape index (κ1) is 8.32. The van der Waals surface area contributed by atoms with Gasteiger partial charge in [-0.1, -0.05) is 11.6 Å². The second kappa shape index (κ2) is 2.89. The van der Waals surface area contributed by atoms with Gasteiger partial charge >= 0.3 is 0 Å². The van der Waals surface area contributed by atoms with E-state index in [0.717, 1.165) is 10.9 Å². The molecule has 0 radical (unpaired) electrons. The van der Waals surface area contributed by atoms with E-state index in [1.807, 2.05) is 25.1 Å². The lowest BCUT2D eigenvalue weighted by Gasteiger charge is -1.89. The third-order valence-corrected chi connectivity index (χ3v) is 2.05. The lowest BCUT2D eigenvalue weighted by molar-refractivity contribution is 0.105. The number of halogens is 1. The molecule has 0 saturated heterocycles. The van der Waals surface area contributed by atoms with Crippen molar-refractivity contribution in [3.63, 3.8) is 0 Å². The monoisotopic (exact) mass is 194 g/mol. The standard InChI is InChI=1S/C10H7ClO2/c1-6-2-3-8-7(4-6)5-9(13-8)10(11)12/h2-5H,1H3. The molecule has 0 aliphatic heterocycles. The van der Waals surface area contributed by atoms with Gasteiger partial charge in [-0.3, -0.25) is 4.79 Å². The van der Waals surface area contributed by atoms with Crippen LogP contribution in [0, 0.1) is 6.92 Å². The second-order valence-corrected chi connectivity index (χ2v) is 3.27. The van der Waals surface area contributed by atoms with E-state index in [9.17, 15) is 4.79 Å². The van der Waals surface area contributed by atoms with E-state index in [2.05, 4.69) is 0 Å². The number of benzene rings is 1. The van der Waals surface area contributed by atoms with Gasteiger partial charge in [-0.25, -0.2) is 0 Å². The van der Waals surface area contributed by atoms with Gasteiger partial charge in [0.05, 0.1) is 0 Å². The van der Waals surface area contributed by atoms with Crippen molar-refractivity contribution in [3.05, 3.63) is 35.6 Å². The summed E-state index contributed by atoms with van der Waals surface area (Å²) < 4.78 is 5.20. The molecular formula is C10H7ClO2. The van der Waals surface area contributed by atoms with Crippen LogP contribution in [-0.4, -0.2) is 5.24 Å². The molecule has 0 amide bonds. The number of hydrogen-bond donors (Lipinski definition) is 0. The molecule has 0 fully saturated rings. The van der Waals surface area contributed by atoms with Crippen molar-refractivity contribution in [1.82, 2.24) is 0 Å². The molecule has 0 aliphatic carbocycles. The van der Waals surface area contributed by atoms with Gasteiger partial charge in [0, 0.05) is 5.39 Å². The van der Waals surface area contributed by atoms with Gasteiger partial charge in [0.1, 0.15) is 5.58 Å². The van der Waals surface area contributed by atoms with Crippen molar-refractivity contribution >= 4 is 27.8 Å². The Bertz CT molecular complexity index is 471. The summed E-state index contributed by atoms with van der Waals surface area (Å²) in [6.45, 7) is 1.98. The lowest BCUT2D eigenvalue weighted by Crippen LogP contribution is -1.80. The molecule has 0 aliphatic rings. The van der Waals surface area contributed by atoms with Crippen LogP contribution < -0.4 is 0 Å². The number of carbonyl (C=O) groups excluding carboxylic acids is 1. The average molecular weight is 195 g/mol. The fraction of sp³-hybridized carbons (Fsp3) is 0.100. The molecule has 2 nitrogen and oxygen atoms in total. The fourth-order valence-corrected chi connectivity index (χ4v) is 1.35. The molecule has 1 aromatic heterocycles. The SMILES string of the molecule is Cc1ccc2oc(C(=O)Cl)cc2c1. The van der Waals surface area contributed by atoms with Crippen LogP contribution in [0.15, 0.2) is 28.7 Å². The molecule has 0 spiro atoms. The van der Waals surface area contributed by atoms with E-state index in [-0.39, 0.29) is 5.76 Å². The molecule has 0 saturated carbocycles. The maximum Gasteiger partial charge on any atom is 0.287 e. The van der Waals surface area contributed by atoms with Gasteiger partial charge in [0.2, 0.25) is 0 Å². The zero-order chi connectivity index (χ0) is 9.42. The predicted molar refractivity (Wildman–Crippen MR) is 51.1 cm³/mol. The summed E-state index contributed by atoms with van der Waals surface area (Å²) in [6, 6.07) is 7.35. The zero-order valence-corrected chi connectivity index (χ0v) is 7.76. The van der Waals surface area contributed by atoms with E-state index in [1.54, 1.807) is 6.07 Å². The maximum absolute atomic E-state index is 10.8. The molecular weight excluding hydrogens is 188 g/mol. The minimum absolute atomic E-state index is 0.197. The molecule has 1 aromatic carbocycles. The first-order chi connectivity index (χ1) is 6.16. The van der Waals surface area contributed by atoms with Crippen LogP contribution in [-0.2, 0) is 0 Å². The van der Waals surface area contributed by atoms with E-state index in [0.29, 0.717) is 5.58 Å². The first-order valence-corrected chi connectivity index (χ1v) is 4.24. The maximum atomic E-state index is 10.8. The Labute approximate surface area is 80.1 Å². The van der Waals surface area contributed by atoms with Crippen molar-refractivity contribution in [2.75, 3.05) is 0 Å². The molecule has 1 heterocycles. The summed E-state index contributed by atoms with van der Waals surface area (Å²) in [5.41, 5.74) is 1.82. The van der Waals surface area contributed by atoms with Gasteiger partial charge in [0.15, 0.2) is 5.76 Å². The summed E-state index contributed by atoms with van der Waals surface area (Å²) in [5, 5.41) is 0.345. The molecule has 2 rings (SSSR count). The van der Waals surface area contributed by atoms with Gasteiger partial charge < -0.3 is 4.42 Å². The highest BCUT2D eigenvalue weighted by molar-refractivity contribution is 6.67. The van der Waals surface area contributed by atoms with E-state index >= 15 is 0 Å². The molecule has 0 N–H and O–H groups in total. The molecule has 66 valence electrons. The largest absolute Gasteiger partial charge is 0.452 e. The quantitative estimate of drug-likeness (QED) is 0.653. The van der Waals surface area contributed by atoms with Crippen LogP contribution in [0.1, 0.15) is 16.1 Å². The zero-order valence-electron chi connectivity index (χ0n) is 7.00. The van der Waals surface area contributed by atoms with Crippen molar-refractivity contribution < 1.29 is 9.21 Å². The fourth-order valence-electron chi connectivity index (χ4n) is 1.26. The normalized spacial score (nSPS) is 10.6. The first-order valence-electron chi connectivity index (χ1n) is 3.87. The van der Waals surface area contributed by atoms with Crippen LogP contribution in [0.2, 0.25) is 0 Å². The van der Waals surface area contributed by atoms with E-state index < -0.39 is 5.24 Å². The Morgan fingerprint density at radius 2 is 2.15 bits per heavy atom. The average Bonchev–Trinajstić information content (AvgIpc) is 2.46. The molecule has 13 heavy (non-hydrogen) atoms. The van der Waals surface area contributed by atoms with Crippen LogP contribution >= 0.6 is 11.6 Å². The van der Waals surface area contributed by atoms with Crippen molar-refractivity contribution in [1.29, 1.82) is 0 Å². The van der Waals surface area contributed by atoms with Crippen molar-refractivity contribution in [2.24, 2.45) is 0 Å². The highest BCUT2D eigenvalue weighted by atomic mass is 35.5. The summed E-state index contributed by atoms with van der Waals surface area (Å²) in [6.07, 6.45) is 0. The number of fused-ring (bicyclic) bond motifs is 1. The number of carbonyl (C=O) groups is 1. The van der Waals surface area contributed by atoms with Gasteiger partial charge in [-0.05, 0) is 36.7 Å². The number of aryl methyl sites for hydroxylation is 1. The number of rotatable bonds is 1. The van der Waals surface area contributed by atoms with E-state index in [1.165, 1.54) is 0 Å². The molecule has 3 heteroatoms. The highest BCUT2D eigenvalue weighted by Gasteiger charge is 2.08. The number of furan rings is 1. The Morgan fingerprint density at radius 1 is 1.38 bits per heavy atom. The Hall–Kier alpha value is -1.28. The molecule has 0 unspecified atom stereocenters. The Balaban J connectivity index is 2.68. The molecule has 0 bridgehead atoms. The summed E-state index contributed by atoms with van der Waals surface area (Å²) in [5.74, 6) is 0.197. The van der Waals surface area contributed by atoms with Gasteiger partial charge in [-0.15, -0.1) is 0 Å². The van der Waals surface area contributed by atoms with Gasteiger partial charge in [0.25, 0.3) is 5.24 Å². The Kier molecular flexibility index (Phi) is 1.85. The topological polar surface area (TPSA) is 30.2 Å². The van der Waals surface area contributed by atoms with Crippen LogP contribution in [0.5, 0.6) is 0 Å². The van der Waals surface area contributed by atoms with Gasteiger partial charge in [-0.2, -0.15) is 0 Å². The molecule has 2 aromatic rings. The second-order valence-electron chi connectivity index (χ2n) is 2.93. The summed E-state index contributed by atoms with van der Waals surface area (Å²) >= 11 is 5.28. The van der Waals surface area contributed by atoms with Crippen molar-refractivity contribution in [2.45, 2.75) is 6.92 Å². The Morgan fingerprint density at radius 3 is 2.85 bits per heavy atom. The lowest BCUT2D eigenvalue weighted by atomic mass is 10.2. The predicted octanol–water partition coefficient (Wildman–Crippen LogP) is 3.12. The van der Waals surface area contributed by atoms with E-state index in [4.69, 9.17) is 16.0 Å². The third-order valence-electron chi connectivity index (χ3n) is 1.87. The summed E-state index contributed by atoms with van der Waals surface area (Å²) in [7, 11) is 0. The van der Waals surface area contributed by atoms with Crippen LogP contribution in [0.3, 0.4) is 0 Å². The minimum atomic E-state index is -0.561. The highest BCUT2D eigenvalue weighted by Crippen LogP contribution is 2.21. The molecule has 0 atom stereocenters. The van der Waals surface area contributed by atoms with Crippen LogP contribution in [0.4, 0.5) is 0 Å². The summed E-state index contributed by atoms with van der Waals surface area (Å²) in [4.78, 5) is 10.8. The smallest absolute Gasteiger partial charge is 0.287 e.